The van der Waals surface area contributed by atoms with Crippen LogP contribution in [0.25, 0.3) is 0 Å². The van der Waals surface area contributed by atoms with Crippen LogP contribution in [0.3, 0.4) is 0 Å². The van der Waals surface area contributed by atoms with E-state index in [0.29, 0.717) is 31.9 Å². The van der Waals surface area contributed by atoms with Gasteiger partial charge in [-0.25, -0.2) is 0 Å². The van der Waals surface area contributed by atoms with E-state index in [2.05, 4.69) is 28.4 Å². The number of carbonyl (C=O) groups is 2. The number of rotatable bonds is 9. The van der Waals surface area contributed by atoms with Gasteiger partial charge in [-0.1, -0.05) is 72.8 Å². The summed E-state index contributed by atoms with van der Waals surface area (Å²) in [5.74, 6) is -0.0145. The fourth-order valence-corrected chi connectivity index (χ4v) is 5.01. The van der Waals surface area contributed by atoms with E-state index < -0.39 is 5.92 Å². The molecular formula is C33H33N3O3. The zero-order valence-electron chi connectivity index (χ0n) is 22.1. The van der Waals surface area contributed by atoms with Crippen LogP contribution in [0, 0.1) is 5.92 Å². The Kier molecular flexibility index (Phi) is 8.22. The molecule has 6 heteroatoms. The summed E-state index contributed by atoms with van der Waals surface area (Å²) in [6.07, 6.45) is 0.0800. The van der Waals surface area contributed by atoms with Crippen LogP contribution in [0.1, 0.15) is 24.5 Å². The van der Waals surface area contributed by atoms with Gasteiger partial charge < -0.3 is 19.9 Å². The summed E-state index contributed by atoms with van der Waals surface area (Å²) < 4.78 is 5.50. The minimum atomic E-state index is -0.521. The van der Waals surface area contributed by atoms with Crippen molar-refractivity contribution in [2.45, 2.75) is 26.4 Å². The molecule has 0 aromatic heterocycles. The average molecular weight is 520 g/mol. The number of nitrogens with zero attached hydrogens (tertiary/aromatic N) is 2. The third-order valence-electron chi connectivity index (χ3n) is 6.85. The molecule has 1 N–H and O–H groups in total. The summed E-state index contributed by atoms with van der Waals surface area (Å²) in [5.41, 5.74) is 4.70. The molecule has 0 radical (unpaired) electrons. The fourth-order valence-electron chi connectivity index (χ4n) is 5.01. The number of nitrogens with one attached hydrogen (secondary N) is 1. The van der Waals surface area contributed by atoms with E-state index in [1.165, 1.54) is 0 Å². The molecule has 198 valence electrons. The number of carbonyl (C=O) groups excluding carboxylic acids is 2. The van der Waals surface area contributed by atoms with Crippen molar-refractivity contribution in [1.29, 1.82) is 0 Å². The summed E-state index contributed by atoms with van der Waals surface area (Å²) >= 11 is 0. The van der Waals surface area contributed by atoms with Gasteiger partial charge in [-0.3, -0.25) is 9.59 Å². The third-order valence-corrected chi connectivity index (χ3v) is 6.85. The van der Waals surface area contributed by atoms with Crippen molar-refractivity contribution in [2.75, 3.05) is 28.3 Å². The molecule has 0 saturated carbocycles. The second kappa shape index (κ2) is 12.3. The third kappa shape index (κ3) is 6.47. The van der Waals surface area contributed by atoms with Gasteiger partial charge in [0.25, 0.3) is 0 Å². The molecule has 4 aromatic rings. The highest BCUT2D eigenvalue weighted by atomic mass is 16.5. The first-order valence-electron chi connectivity index (χ1n) is 13.4. The zero-order valence-corrected chi connectivity index (χ0v) is 22.1. The Morgan fingerprint density at radius 2 is 1.38 bits per heavy atom. The first-order valence-corrected chi connectivity index (χ1v) is 13.4. The van der Waals surface area contributed by atoms with Crippen molar-refractivity contribution >= 4 is 28.9 Å². The smallest absolute Gasteiger partial charge is 0.232 e. The highest BCUT2D eigenvalue weighted by molar-refractivity contribution is 6.03. The number of para-hydroxylation sites is 2. The van der Waals surface area contributed by atoms with Crippen LogP contribution in [-0.4, -0.2) is 25.0 Å². The maximum atomic E-state index is 14.1. The Bertz CT molecular complexity index is 1390. The highest BCUT2D eigenvalue weighted by Gasteiger charge is 2.35. The average Bonchev–Trinajstić information content (AvgIpc) is 3.06. The van der Waals surface area contributed by atoms with Crippen molar-refractivity contribution in [3.8, 4) is 5.75 Å². The van der Waals surface area contributed by atoms with Crippen LogP contribution in [-0.2, 0) is 22.7 Å². The molecule has 0 fully saturated rings. The molecule has 0 bridgehead atoms. The first kappa shape index (κ1) is 26.0. The van der Waals surface area contributed by atoms with Crippen molar-refractivity contribution in [2.24, 2.45) is 5.92 Å². The van der Waals surface area contributed by atoms with Gasteiger partial charge in [-0.15, -0.1) is 0 Å². The van der Waals surface area contributed by atoms with Crippen LogP contribution in [0.5, 0.6) is 5.75 Å². The van der Waals surface area contributed by atoms with E-state index in [-0.39, 0.29) is 18.2 Å². The maximum Gasteiger partial charge on any atom is 0.232 e. The van der Waals surface area contributed by atoms with Crippen LogP contribution >= 0.6 is 0 Å². The van der Waals surface area contributed by atoms with Crippen molar-refractivity contribution in [1.82, 2.24) is 0 Å². The van der Waals surface area contributed by atoms with E-state index in [1.54, 1.807) is 0 Å². The molecule has 1 atom stereocenters. The van der Waals surface area contributed by atoms with Crippen LogP contribution < -0.4 is 19.9 Å². The van der Waals surface area contributed by atoms with Gasteiger partial charge in [0.05, 0.1) is 30.4 Å². The number of amides is 2. The number of benzene rings is 4. The Hall–Kier alpha value is -4.58. The molecule has 6 nitrogen and oxygen atoms in total. The number of ether oxygens (including phenoxy) is 1. The maximum absolute atomic E-state index is 14.1. The summed E-state index contributed by atoms with van der Waals surface area (Å²) in [7, 11) is 0. The topological polar surface area (TPSA) is 61.9 Å². The largest absolute Gasteiger partial charge is 0.494 e. The Morgan fingerprint density at radius 3 is 2.03 bits per heavy atom. The van der Waals surface area contributed by atoms with Gasteiger partial charge >= 0.3 is 0 Å². The molecule has 2 amide bonds. The predicted molar refractivity (Wildman–Crippen MR) is 156 cm³/mol. The number of hydrogen-bond donors (Lipinski definition) is 1. The molecular weight excluding hydrogens is 486 g/mol. The normalized spacial score (nSPS) is 14.9. The van der Waals surface area contributed by atoms with E-state index in [4.69, 9.17) is 4.74 Å². The quantitative estimate of drug-likeness (QED) is 0.283. The van der Waals surface area contributed by atoms with Crippen LogP contribution in [0.4, 0.5) is 17.1 Å². The van der Waals surface area contributed by atoms with Gasteiger partial charge in [0.1, 0.15) is 5.75 Å². The summed E-state index contributed by atoms with van der Waals surface area (Å²) in [5, 5.41) is 2.97. The molecule has 1 aliphatic rings. The van der Waals surface area contributed by atoms with Gasteiger partial charge in [-0.2, -0.15) is 0 Å². The van der Waals surface area contributed by atoms with Crippen LogP contribution in [0.15, 0.2) is 109 Å². The first-order chi connectivity index (χ1) is 19.1. The van der Waals surface area contributed by atoms with Gasteiger partial charge in [0.2, 0.25) is 11.8 Å². The highest BCUT2D eigenvalue weighted by Crippen LogP contribution is 2.37. The SMILES string of the molecule is CCOc1ccc(NC(=O)CC2CN(Cc3ccccc3)c3ccccc3N(Cc3ccccc3)C2=O)cc1. The Balaban J connectivity index is 1.43. The minimum absolute atomic E-state index is 0.0521. The van der Waals surface area contributed by atoms with E-state index in [0.717, 1.165) is 28.3 Å². The zero-order chi connectivity index (χ0) is 27.0. The predicted octanol–water partition coefficient (Wildman–Crippen LogP) is 6.28. The molecule has 4 aromatic carbocycles. The van der Waals surface area contributed by atoms with Crippen LogP contribution in [0.2, 0.25) is 0 Å². The lowest BCUT2D eigenvalue weighted by molar-refractivity contribution is -0.126. The summed E-state index contributed by atoms with van der Waals surface area (Å²) in [6, 6.07) is 35.5. The second-order valence-electron chi connectivity index (χ2n) is 9.67. The van der Waals surface area contributed by atoms with E-state index >= 15 is 0 Å². The summed E-state index contributed by atoms with van der Waals surface area (Å²) in [6.45, 7) is 4.03. The second-order valence-corrected chi connectivity index (χ2v) is 9.67. The lowest BCUT2D eigenvalue weighted by atomic mass is 10.0. The molecule has 0 saturated heterocycles. The lowest BCUT2D eigenvalue weighted by Crippen LogP contribution is -2.39. The monoisotopic (exact) mass is 519 g/mol. The minimum Gasteiger partial charge on any atom is -0.494 e. The molecule has 0 spiro atoms. The van der Waals surface area contributed by atoms with E-state index in [1.807, 2.05) is 103 Å². The number of anilines is 3. The Morgan fingerprint density at radius 1 is 0.795 bits per heavy atom. The molecule has 1 aliphatic heterocycles. The Labute approximate surface area is 229 Å². The lowest BCUT2D eigenvalue weighted by Gasteiger charge is -2.27. The molecule has 1 heterocycles. The van der Waals surface area contributed by atoms with Crippen molar-refractivity contribution < 1.29 is 14.3 Å². The van der Waals surface area contributed by atoms with Gasteiger partial charge in [0, 0.05) is 25.2 Å². The number of fused-ring (bicyclic) bond motifs is 1. The molecule has 5 rings (SSSR count). The van der Waals surface area contributed by atoms with Gasteiger partial charge in [0.15, 0.2) is 0 Å². The molecule has 39 heavy (non-hydrogen) atoms. The standard InChI is InChI=1S/C33H33N3O3/c1-2-39-29-19-17-28(18-20-29)34-32(37)21-27-24-35(22-25-11-5-3-6-12-25)30-15-9-10-16-31(30)36(33(27)38)23-26-13-7-4-8-14-26/h3-20,27H,2,21-24H2,1H3,(H,34,37). The van der Waals surface area contributed by atoms with E-state index in [9.17, 15) is 9.59 Å². The summed E-state index contributed by atoms with van der Waals surface area (Å²) in [4.78, 5) is 31.4. The van der Waals surface area contributed by atoms with Crippen molar-refractivity contribution in [3.05, 3.63) is 120 Å². The van der Waals surface area contributed by atoms with Gasteiger partial charge in [-0.05, 0) is 54.4 Å². The molecule has 1 unspecified atom stereocenters. The number of hydrogen-bond acceptors (Lipinski definition) is 4. The van der Waals surface area contributed by atoms with Crippen molar-refractivity contribution in [3.63, 3.8) is 0 Å². The fraction of sp³-hybridized carbons (Fsp3) is 0.212. The molecule has 0 aliphatic carbocycles.